The molecule has 0 N–H and O–H groups in total. The van der Waals surface area contributed by atoms with E-state index >= 15 is 0 Å². The van der Waals surface area contributed by atoms with Crippen LogP contribution >= 0.6 is 0 Å². The maximum absolute atomic E-state index is 13.3. The topological polar surface area (TPSA) is 57.1 Å². The summed E-state index contributed by atoms with van der Waals surface area (Å²) in [6, 6.07) is 19.6. The Labute approximate surface area is 159 Å². The number of nitrogens with zero attached hydrogens (tertiary/aromatic N) is 5. The molecule has 0 amide bonds. The third kappa shape index (κ3) is 2.68. The normalized spacial score (nSPS) is 11.5. The minimum absolute atomic E-state index is 0.213. The maximum atomic E-state index is 13.3. The van der Waals surface area contributed by atoms with Gasteiger partial charge in [-0.05, 0) is 42.0 Å². The van der Waals surface area contributed by atoms with Crippen molar-refractivity contribution < 1.29 is 4.39 Å². The fourth-order valence-corrected chi connectivity index (χ4v) is 3.45. The molecule has 3 heterocycles. The van der Waals surface area contributed by atoms with E-state index in [-0.39, 0.29) is 11.5 Å². The van der Waals surface area contributed by atoms with E-state index in [0.29, 0.717) is 18.9 Å². The number of aromatic nitrogens is 5. The third-order valence-electron chi connectivity index (χ3n) is 4.77. The number of pyridine rings is 1. The van der Waals surface area contributed by atoms with Crippen LogP contribution in [0, 0.1) is 5.82 Å². The number of rotatable bonds is 4. The van der Waals surface area contributed by atoms with Crippen molar-refractivity contribution in [1.82, 2.24) is 23.7 Å². The molecule has 6 nitrogen and oxygen atoms in total. The average Bonchev–Trinajstić information content (AvgIpc) is 3.20. The van der Waals surface area contributed by atoms with Crippen molar-refractivity contribution in [1.29, 1.82) is 0 Å². The highest BCUT2D eigenvalue weighted by Gasteiger charge is 2.18. The second-order valence-corrected chi connectivity index (χ2v) is 6.60. The van der Waals surface area contributed by atoms with Crippen LogP contribution < -0.4 is 5.69 Å². The number of hydrogen-bond acceptors (Lipinski definition) is 3. The highest BCUT2D eigenvalue weighted by atomic mass is 19.1. The van der Waals surface area contributed by atoms with E-state index in [1.54, 1.807) is 22.7 Å². The number of para-hydroxylation sites is 2. The van der Waals surface area contributed by atoms with Gasteiger partial charge in [0.15, 0.2) is 0 Å². The fraction of sp³-hybridized carbons (Fsp3) is 0.0952. The van der Waals surface area contributed by atoms with Crippen LogP contribution in [0.1, 0.15) is 11.3 Å². The lowest BCUT2D eigenvalue weighted by molar-refractivity contribution is 0.626. The quantitative estimate of drug-likeness (QED) is 0.486. The van der Waals surface area contributed by atoms with Crippen LogP contribution in [0.3, 0.4) is 0 Å². The predicted octanol–water partition coefficient (Wildman–Crippen LogP) is 3.08. The summed E-state index contributed by atoms with van der Waals surface area (Å²) in [5.74, 6) is 0.272. The van der Waals surface area contributed by atoms with Crippen molar-refractivity contribution in [3.05, 3.63) is 100 Å². The number of imidazole rings is 1. The highest BCUT2D eigenvalue weighted by molar-refractivity contribution is 5.80. The van der Waals surface area contributed by atoms with Crippen molar-refractivity contribution >= 4 is 16.8 Å². The second-order valence-electron chi connectivity index (χ2n) is 6.60. The van der Waals surface area contributed by atoms with Gasteiger partial charge in [-0.15, -0.1) is 5.10 Å². The van der Waals surface area contributed by atoms with E-state index in [2.05, 4.69) is 10.1 Å². The van der Waals surface area contributed by atoms with E-state index in [1.807, 2.05) is 47.0 Å². The molecule has 0 fully saturated rings. The summed E-state index contributed by atoms with van der Waals surface area (Å²) >= 11 is 0. The predicted molar refractivity (Wildman–Crippen MR) is 104 cm³/mol. The van der Waals surface area contributed by atoms with E-state index in [1.165, 1.54) is 16.8 Å². The Morgan fingerprint density at radius 1 is 0.857 bits per heavy atom. The molecule has 0 aliphatic carbocycles. The number of fused-ring (bicyclic) bond motifs is 3. The lowest BCUT2D eigenvalue weighted by Crippen LogP contribution is -2.22. The summed E-state index contributed by atoms with van der Waals surface area (Å²) in [4.78, 5) is 17.3. The molecule has 0 bridgehead atoms. The summed E-state index contributed by atoms with van der Waals surface area (Å²) in [7, 11) is 0. The Morgan fingerprint density at radius 2 is 1.61 bits per heavy atom. The summed E-state index contributed by atoms with van der Waals surface area (Å²) in [6.07, 6.45) is 1.69. The molecule has 28 heavy (non-hydrogen) atoms. The first-order valence-electron chi connectivity index (χ1n) is 8.92. The van der Waals surface area contributed by atoms with Gasteiger partial charge < -0.3 is 4.57 Å². The lowest BCUT2D eigenvalue weighted by atomic mass is 10.2. The molecule has 0 saturated carbocycles. The van der Waals surface area contributed by atoms with Gasteiger partial charge in [-0.25, -0.2) is 18.3 Å². The van der Waals surface area contributed by atoms with Crippen molar-refractivity contribution in [3.63, 3.8) is 0 Å². The molecule has 0 aliphatic heterocycles. The lowest BCUT2D eigenvalue weighted by Gasteiger charge is -2.05. The van der Waals surface area contributed by atoms with Gasteiger partial charge in [0.2, 0.25) is 5.78 Å². The van der Waals surface area contributed by atoms with Gasteiger partial charge in [-0.2, -0.15) is 0 Å². The minimum Gasteiger partial charge on any atom is -0.304 e. The van der Waals surface area contributed by atoms with Crippen LogP contribution in [-0.4, -0.2) is 23.7 Å². The average molecular weight is 373 g/mol. The highest BCUT2D eigenvalue weighted by Crippen LogP contribution is 2.20. The monoisotopic (exact) mass is 373 g/mol. The van der Waals surface area contributed by atoms with Gasteiger partial charge in [0.1, 0.15) is 5.82 Å². The Morgan fingerprint density at radius 3 is 2.36 bits per heavy atom. The van der Waals surface area contributed by atoms with Gasteiger partial charge in [0, 0.05) is 6.20 Å². The Kier molecular flexibility index (Phi) is 3.79. The molecular formula is C21H16FN5O. The maximum Gasteiger partial charge on any atom is 0.352 e. The zero-order chi connectivity index (χ0) is 19.1. The Hall–Kier alpha value is -3.74. The minimum atomic E-state index is -0.276. The molecule has 0 radical (unpaired) electrons. The zero-order valence-corrected chi connectivity index (χ0v) is 14.9. The summed E-state index contributed by atoms with van der Waals surface area (Å²) < 4.78 is 18.3. The molecule has 7 heteroatoms. The zero-order valence-electron chi connectivity index (χ0n) is 14.9. The van der Waals surface area contributed by atoms with Gasteiger partial charge in [-0.3, -0.25) is 4.98 Å². The largest absolute Gasteiger partial charge is 0.352 e. The smallest absolute Gasteiger partial charge is 0.304 e. The molecule has 138 valence electrons. The SMILES string of the molecule is O=c1n(Cc2ccccn2)nc2n(Cc3ccc(F)cc3)c3ccccc3n12. The number of halogens is 1. The van der Waals surface area contributed by atoms with Gasteiger partial charge in [0.25, 0.3) is 0 Å². The molecule has 0 saturated heterocycles. The molecule has 0 aliphatic rings. The van der Waals surface area contributed by atoms with Crippen molar-refractivity contribution in [3.8, 4) is 0 Å². The Bertz CT molecular complexity index is 1330. The van der Waals surface area contributed by atoms with Crippen molar-refractivity contribution in [2.45, 2.75) is 13.1 Å². The van der Waals surface area contributed by atoms with Crippen LogP contribution in [0.5, 0.6) is 0 Å². The molecule has 0 atom stereocenters. The third-order valence-corrected chi connectivity index (χ3v) is 4.77. The van der Waals surface area contributed by atoms with Crippen molar-refractivity contribution in [2.24, 2.45) is 0 Å². The molecule has 3 aromatic heterocycles. The van der Waals surface area contributed by atoms with E-state index in [0.717, 1.165) is 22.3 Å². The first-order valence-corrected chi connectivity index (χ1v) is 8.92. The molecule has 2 aromatic carbocycles. The fourth-order valence-electron chi connectivity index (χ4n) is 3.45. The van der Waals surface area contributed by atoms with Gasteiger partial charge >= 0.3 is 5.69 Å². The first-order chi connectivity index (χ1) is 13.7. The molecule has 5 rings (SSSR count). The van der Waals surface area contributed by atoms with E-state index in [9.17, 15) is 9.18 Å². The van der Waals surface area contributed by atoms with E-state index in [4.69, 9.17) is 0 Å². The molecular weight excluding hydrogens is 357 g/mol. The number of benzene rings is 2. The standard InChI is InChI=1S/C21H16FN5O/c22-16-10-8-15(9-11-16)13-25-18-6-1-2-7-19(18)27-20(25)24-26(21(27)28)14-17-5-3-4-12-23-17/h1-12H,13-14H2. The second kappa shape index (κ2) is 6.45. The van der Waals surface area contributed by atoms with Crippen LogP contribution in [0.15, 0.2) is 77.7 Å². The van der Waals surface area contributed by atoms with Crippen molar-refractivity contribution in [2.75, 3.05) is 0 Å². The first kappa shape index (κ1) is 16.4. The molecule has 0 spiro atoms. The molecule has 0 unspecified atom stereocenters. The van der Waals surface area contributed by atoms with Crippen LogP contribution in [0.2, 0.25) is 0 Å². The summed E-state index contributed by atoms with van der Waals surface area (Å²) in [5.41, 5.74) is 3.17. The number of hydrogen-bond donors (Lipinski definition) is 0. The van der Waals surface area contributed by atoms with Crippen LogP contribution in [-0.2, 0) is 13.1 Å². The summed E-state index contributed by atoms with van der Waals surface area (Å²) in [6.45, 7) is 0.781. The van der Waals surface area contributed by atoms with Crippen LogP contribution in [0.25, 0.3) is 16.8 Å². The van der Waals surface area contributed by atoms with Gasteiger partial charge in [0.05, 0.1) is 29.8 Å². The van der Waals surface area contributed by atoms with Crippen LogP contribution in [0.4, 0.5) is 4.39 Å². The molecule has 5 aromatic rings. The summed E-state index contributed by atoms with van der Waals surface area (Å²) in [5, 5.41) is 4.57. The van der Waals surface area contributed by atoms with Gasteiger partial charge in [-0.1, -0.05) is 30.3 Å². The Balaban J connectivity index is 1.68. The van der Waals surface area contributed by atoms with E-state index < -0.39 is 0 Å².